The van der Waals surface area contributed by atoms with Gasteiger partial charge in [0.05, 0.1) is 0 Å². The number of carbonyl (C=O) groups excluding carboxylic acids is 3. The molecule has 0 fully saturated rings. The fraction of sp³-hybridized carbons (Fsp3) is 0.800. The van der Waals surface area contributed by atoms with Crippen LogP contribution in [0.1, 0.15) is 41.0 Å². The molecule has 0 radical (unpaired) electrons. The Morgan fingerprint density at radius 1 is 1.14 bits per heavy atom. The van der Waals surface area contributed by atoms with Crippen molar-refractivity contribution in [2.75, 3.05) is 20.6 Å². The van der Waals surface area contributed by atoms with Crippen molar-refractivity contribution in [1.82, 2.24) is 15.5 Å². The van der Waals surface area contributed by atoms with Gasteiger partial charge in [0.25, 0.3) is 0 Å². The molecule has 1 atom stereocenters. The van der Waals surface area contributed by atoms with Gasteiger partial charge in [-0.2, -0.15) is 0 Å². The van der Waals surface area contributed by atoms with E-state index in [2.05, 4.69) is 10.6 Å². The fourth-order valence-electron chi connectivity index (χ4n) is 1.72. The third-order valence-corrected chi connectivity index (χ3v) is 2.57. The van der Waals surface area contributed by atoms with Crippen molar-refractivity contribution in [3.05, 3.63) is 0 Å². The molecule has 0 aromatic rings. The van der Waals surface area contributed by atoms with Crippen LogP contribution >= 0.6 is 0 Å². The molecule has 2 N–H and O–H groups in total. The van der Waals surface area contributed by atoms with E-state index in [1.807, 2.05) is 13.8 Å². The first-order valence-corrected chi connectivity index (χ1v) is 7.39. The normalized spacial score (nSPS) is 12.5. The van der Waals surface area contributed by atoms with Gasteiger partial charge < -0.3 is 20.3 Å². The number of alkyl carbamates (subject to hydrolysis) is 1. The van der Waals surface area contributed by atoms with Crippen LogP contribution in [0.3, 0.4) is 0 Å². The summed E-state index contributed by atoms with van der Waals surface area (Å²) in [6.07, 6.45) is -0.128. The molecule has 0 spiro atoms. The van der Waals surface area contributed by atoms with Gasteiger partial charge in [-0.05, 0) is 33.1 Å². The largest absolute Gasteiger partial charge is 0.444 e. The number of hydrogen-bond acceptors (Lipinski definition) is 4. The summed E-state index contributed by atoms with van der Waals surface area (Å²) in [4.78, 5) is 36.8. The van der Waals surface area contributed by atoms with Crippen LogP contribution in [0, 0.1) is 5.92 Å². The van der Waals surface area contributed by atoms with Crippen molar-refractivity contribution >= 4 is 17.9 Å². The minimum Gasteiger partial charge on any atom is -0.444 e. The molecule has 0 aromatic heterocycles. The summed E-state index contributed by atoms with van der Waals surface area (Å²) in [6.45, 7) is 8.93. The summed E-state index contributed by atoms with van der Waals surface area (Å²) in [5.74, 6) is -0.334. The zero-order chi connectivity index (χ0) is 17.5. The van der Waals surface area contributed by atoms with Crippen molar-refractivity contribution in [3.8, 4) is 0 Å². The second-order valence-corrected chi connectivity index (χ2v) is 6.84. The molecular formula is C15H29N3O4. The number of likely N-dealkylation sites (N-methyl/N-ethyl adjacent to an activating group) is 1. The average Bonchev–Trinajstić information content (AvgIpc) is 2.31. The van der Waals surface area contributed by atoms with E-state index in [1.54, 1.807) is 34.9 Å². The van der Waals surface area contributed by atoms with E-state index in [9.17, 15) is 14.4 Å². The maximum Gasteiger partial charge on any atom is 0.408 e. The van der Waals surface area contributed by atoms with Crippen molar-refractivity contribution in [2.24, 2.45) is 5.92 Å². The Kier molecular flexibility index (Phi) is 7.90. The Hall–Kier alpha value is -1.79. The lowest BCUT2D eigenvalue weighted by Gasteiger charge is -2.23. The second kappa shape index (κ2) is 8.60. The van der Waals surface area contributed by atoms with Crippen LogP contribution in [0.25, 0.3) is 0 Å². The predicted octanol–water partition coefficient (Wildman–Crippen LogP) is 1.13. The topological polar surface area (TPSA) is 87.7 Å². The van der Waals surface area contributed by atoms with Gasteiger partial charge in [-0.3, -0.25) is 9.59 Å². The molecular weight excluding hydrogens is 286 g/mol. The van der Waals surface area contributed by atoms with Gasteiger partial charge in [-0.1, -0.05) is 13.8 Å². The lowest BCUT2D eigenvalue weighted by Crippen LogP contribution is -2.50. The van der Waals surface area contributed by atoms with Crippen LogP contribution in [0.15, 0.2) is 0 Å². The molecule has 1 unspecified atom stereocenters. The monoisotopic (exact) mass is 315 g/mol. The average molecular weight is 315 g/mol. The van der Waals surface area contributed by atoms with Gasteiger partial charge in [0.1, 0.15) is 18.2 Å². The summed E-state index contributed by atoms with van der Waals surface area (Å²) < 4.78 is 5.04. The van der Waals surface area contributed by atoms with Gasteiger partial charge in [-0.25, -0.2) is 4.79 Å². The summed E-state index contributed by atoms with van der Waals surface area (Å²) in [5.41, 5.74) is -0.623. The van der Waals surface area contributed by atoms with Gasteiger partial charge in [-0.15, -0.1) is 0 Å². The number of nitrogens with zero attached hydrogens (tertiary/aromatic N) is 1. The molecule has 128 valence electrons. The second-order valence-electron chi connectivity index (χ2n) is 6.84. The van der Waals surface area contributed by atoms with Crippen molar-refractivity contribution < 1.29 is 19.1 Å². The molecule has 0 aromatic carbocycles. The Bertz CT molecular complexity index is 400. The predicted molar refractivity (Wildman–Crippen MR) is 84.3 cm³/mol. The lowest BCUT2D eigenvalue weighted by molar-refractivity contribution is -0.134. The number of amides is 3. The highest BCUT2D eigenvalue weighted by molar-refractivity contribution is 5.89. The molecule has 0 aliphatic carbocycles. The maximum atomic E-state index is 12.0. The zero-order valence-corrected chi connectivity index (χ0v) is 14.6. The molecule has 0 heterocycles. The molecule has 7 nitrogen and oxygen atoms in total. The first-order valence-electron chi connectivity index (χ1n) is 7.39. The van der Waals surface area contributed by atoms with Crippen LogP contribution in [0.2, 0.25) is 0 Å². The molecule has 22 heavy (non-hydrogen) atoms. The number of hydrogen-bond donors (Lipinski definition) is 2. The third-order valence-electron chi connectivity index (χ3n) is 2.57. The SMILES string of the molecule is CC(C)CC(NC(=O)CNC(=O)OC(C)(C)C)C(=O)N(C)C. The minimum absolute atomic E-state index is 0.167. The molecule has 0 saturated carbocycles. The summed E-state index contributed by atoms with van der Waals surface area (Å²) in [5, 5.41) is 5.01. The Morgan fingerprint density at radius 3 is 2.09 bits per heavy atom. The zero-order valence-electron chi connectivity index (χ0n) is 14.6. The van der Waals surface area contributed by atoms with E-state index in [1.165, 1.54) is 4.90 Å². The molecule has 0 aliphatic heterocycles. The van der Waals surface area contributed by atoms with Gasteiger partial charge >= 0.3 is 6.09 Å². The smallest absolute Gasteiger partial charge is 0.408 e. The van der Waals surface area contributed by atoms with Crippen LogP contribution in [-0.4, -0.2) is 55.1 Å². The fourth-order valence-corrected chi connectivity index (χ4v) is 1.72. The summed E-state index contributed by atoms with van der Waals surface area (Å²) in [6, 6.07) is -0.595. The number of rotatable bonds is 6. The third kappa shape index (κ3) is 9.20. The van der Waals surface area contributed by atoms with E-state index >= 15 is 0 Å². The van der Waals surface area contributed by atoms with Crippen molar-refractivity contribution in [1.29, 1.82) is 0 Å². The number of nitrogens with one attached hydrogen (secondary N) is 2. The Balaban J connectivity index is 4.46. The van der Waals surface area contributed by atoms with E-state index in [4.69, 9.17) is 4.74 Å². The van der Waals surface area contributed by atoms with Crippen molar-refractivity contribution in [2.45, 2.75) is 52.7 Å². The van der Waals surface area contributed by atoms with Gasteiger partial charge in [0.2, 0.25) is 11.8 Å². The van der Waals surface area contributed by atoms with Crippen LogP contribution in [-0.2, 0) is 14.3 Å². The van der Waals surface area contributed by atoms with E-state index < -0.39 is 23.6 Å². The first-order chi connectivity index (χ1) is 9.92. The molecule has 0 rings (SSSR count). The van der Waals surface area contributed by atoms with E-state index in [0.29, 0.717) is 6.42 Å². The Labute approximate surface area is 132 Å². The van der Waals surface area contributed by atoms with E-state index in [-0.39, 0.29) is 18.4 Å². The summed E-state index contributed by atoms with van der Waals surface area (Å²) >= 11 is 0. The Morgan fingerprint density at radius 2 is 1.68 bits per heavy atom. The molecule has 7 heteroatoms. The van der Waals surface area contributed by atoms with E-state index in [0.717, 1.165) is 0 Å². The number of carbonyl (C=O) groups is 3. The number of ether oxygens (including phenoxy) is 1. The standard InChI is InChI=1S/C15H29N3O4/c1-10(2)8-11(13(20)18(6)7)17-12(19)9-16-14(21)22-15(3,4)5/h10-11H,8-9H2,1-7H3,(H,16,21)(H,17,19). The molecule has 0 bridgehead atoms. The lowest BCUT2D eigenvalue weighted by atomic mass is 10.0. The van der Waals surface area contributed by atoms with Gasteiger partial charge in [0, 0.05) is 14.1 Å². The highest BCUT2D eigenvalue weighted by Crippen LogP contribution is 2.07. The van der Waals surface area contributed by atoms with Gasteiger partial charge in [0.15, 0.2) is 0 Å². The quantitative estimate of drug-likeness (QED) is 0.769. The highest BCUT2D eigenvalue weighted by Gasteiger charge is 2.24. The summed E-state index contributed by atoms with van der Waals surface area (Å²) in [7, 11) is 3.28. The van der Waals surface area contributed by atoms with Crippen LogP contribution in [0.5, 0.6) is 0 Å². The minimum atomic E-state index is -0.665. The van der Waals surface area contributed by atoms with Crippen LogP contribution in [0.4, 0.5) is 4.79 Å². The maximum absolute atomic E-state index is 12.0. The molecule has 0 aliphatic rings. The molecule has 0 saturated heterocycles. The highest BCUT2D eigenvalue weighted by atomic mass is 16.6. The molecule has 3 amide bonds. The van der Waals surface area contributed by atoms with Crippen LogP contribution < -0.4 is 10.6 Å². The van der Waals surface area contributed by atoms with Crippen molar-refractivity contribution in [3.63, 3.8) is 0 Å². The first kappa shape index (κ1) is 20.2.